The van der Waals surface area contributed by atoms with Gasteiger partial charge in [-0.2, -0.15) is 0 Å². The maximum atomic E-state index is 13.7. The SMILES string of the molecule is CC(C)C(NCc1c(F)ccc(Br)c1F)C(N)=O. The van der Waals surface area contributed by atoms with Crippen molar-refractivity contribution in [1.29, 1.82) is 0 Å². The van der Waals surface area contributed by atoms with Crippen LogP contribution in [0.2, 0.25) is 0 Å². The molecule has 1 aromatic carbocycles. The van der Waals surface area contributed by atoms with Crippen molar-refractivity contribution in [3.05, 3.63) is 33.8 Å². The number of hydrogen-bond acceptors (Lipinski definition) is 2. The Balaban J connectivity index is 2.86. The molecule has 0 spiro atoms. The van der Waals surface area contributed by atoms with Crippen LogP contribution in [0.5, 0.6) is 0 Å². The lowest BCUT2D eigenvalue weighted by Gasteiger charge is -2.19. The Hall–Kier alpha value is -1.01. The number of hydrogen-bond donors (Lipinski definition) is 2. The van der Waals surface area contributed by atoms with Gasteiger partial charge in [0.05, 0.1) is 10.5 Å². The Bertz CT molecular complexity index is 452. The Morgan fingerprint density at radius 2 is 2.06 bits per heavy atom. The van der Waals surface area contributed by atoms with Crippen molar-refractivity contribution in [1.82, 2.24) is 5.32 Å². The molecule has 0 aliphatic heterocycles. The molecule has 1 unspecified atom stereocenters. The highest BCUT2D eigenvalue weighted by molar-refractivity contribution is 9.10. The average Bonchev–Trinajstić information content (AvgIpc) is 2.27. The molecule has 0 saturated heterocycles. The predicted molar refractivity (Wildman–Crippen MR) is 68.7 cm³/mol. The highest BCUT2D eigenvalue weighted by Gasteiger charge is 2.20. The van der Waals surface area contributed by atoms with Crippen LogP contribution >= 0.6 is 15.9 Å². The predicted octanol–water partition coefficient (Wildman–Crippen LogP) is 2.33. The minimum atomic E-state index is -0.672. The largest absolute Gasteiger partial charge is 0.368 e. The lowest BCUT2D eigenvalue weighted by Crippen LogP contribution is -2.44. The zero-order valence-electron chi connectivity index (χ0n) is 10.1. The molecular formula is C12H15BrF2N2O. The van der Waals surface area contributed by atoms with Crippen molar-refractivity contribution in [3.8, 4) is 0 Å². The summed E-state index contributed by atoms with van der Waals surface area (Å²) in [6, 6.07) is 1.84. The summed E-state index contributed by atoms with van der Waals surface area (Å²) in [5.74, 6) is -1.92. The molecule has 0 aliphatic rings. The lowest BCUT2D eigenvalue weighted by atomic mass is 10.0. The third kappa shape index (κ3) is 3.49. The maximum Gasteiger partial charge on any atom is 0.234 e. The van der Waals surface area contributed by atoms with Gasteiger partial charge >= 0.3 is 0 Å². The summed E-state index contributed by atoms with van der Waals surface area (Å²) in [6.07, 6.45) is 0. The molecule has 3 N–H and O–H groups in total. The first-order valence-corrected chi connectivity index (χ1v) is 6.29. The van der Waals surface area contributed by atoms with E-state index in [4.69, 9.17) is 5.73 Å². The first-order chi connectivity index (χ1) is 8.34. The minimum absolute atomic E-state index is 0.0548. The van der Waals surface area contributed by atoms with Gasteiger partial charge in [0.2, 0.25) is 5.91 Å². The highest BCUT2D eigenvalue weighted by Crippen LogP contribution is 2.21. The van der Waals surface area contributed by atoms with E-state index in [1.54, 1.807) is 13.8 Å². The Kier molecular flexibility index (Phi) is 5.22. The number of nitrogens with one attached hydrogen (secondary N) is 1. The van der Waals surface area contributed by atoms with Crippen molar-refractivity contribution >= 4 is 21.8 Å². The number of carbonyl (C=O) groups excluding carboxylic acids is 1. The second-order valence-electron chi connectivity index (χ2n) is 4.33. The summed E-state index contributed by atoms with van der Waals surface area (Å²) in [5, 5.41) is 2.77. The zero-order valence-corrected chi connectivity index (χ0v) is 11.7. The molecule has 1 amide bonds. The summed E-state index contributed by atoms with van der Waals surface area (Å²) >= 11 is 2.98. The number of primary amides is 1. The van der Waals surface area contributed by atoms with E-state index in [1.807, 2.05) is 0 Å². The topological polar surface area (TPSA) is 55.1 Å². The van der Waals surface area contributed by atoms with E-state index in [2.05, 4.69) is 21.2 Å². The van der Waals surface area contributed by atoms with Crippen molar-refractivity contribution in [3.63, 3.8) is 0 Å². The molecule has 0 saturated carbocycles. The fraction of sp³-hybridized carbons (Fsp3) is 0.417. The van der Waals surface area contributed by atoms with Gasteiger partial charge in [-0.1, -0.05) is 13.8 Å². The van der Waals surface area contributed by atoms with Gasteiger partial charge in [0.25, 0.3) is 0 Å². The molecule has 0 aliphatic carbocycles. The van der Waals surface area contributed by atoms with Crippen LogP contribution in [-0.2, 0) is 11.3 Å². The molecule has 3 nitrogen and oxygen atoms in total. The van der Waals surface area contributed by atoms with E-state index < -0.39 is 23.6 Å². The molecule has 0 bridgehead atoms. The summed E-state index contributed by atoms with van der Waals surface area (Å²) < 4.78 is 27.3. The average molecular weight is 321 g/mol. The summed E-state index contributed by atoms with van der Waals surface area (Å²) in [5.41, 5.74) is 5.10. The highest BCUT2D eigenvalue weighted by atomic mass is 79.9. The van der Waals surface area contributed by atoms with Gasteiger partial charge in [0.1, 0.15) is 11.6 Å². The van der Waals surface area contributed by atoms with Crippen molar-refractivity contribution < 1.29 is 13.6 Å². The Labute approximate surface area is 113 Å². The van der Waals surface area contributed by atoms with Crippen LogP contribution in [0.25, 0.3) is 0 Å². The normalized spacial score (nSPS) is 12.8. The van der Waals surface area contributed by atoms with Crippen LogP contribution in [-0.4, -0.2) is 11.9 Å². The monoisotopic (exact) mass is 320 g/mol. The smallest absolute Gasteiger partial charge is 0.234 e. The standard InChI is InChI=1S/C12H15BrF2N2O/c1-6(2)11(12(16)18)17-5-7-9(14)4-3-8(13)10(7)15/h3-4,6,11,17H,5H2,1-2H3,(H2,16,18). The van der Waals surface area contributed by atoms with E-state index in [9.17, 15) is 13.6 Å². The van der Waals surface area contributed by atoms with Crippen molar-refractivity contribution in [2.24, 2.45) is 11.7 Å². The Morgan fingerprint density at radius 1 is 1.44 bits per heavy atom. The van der Waals surface area contributed by atoms with Gasteiger partial charge in [0.15, 0.2) is 0 Å². The van der Waals surface area contributed by atoms with Crippen LogP contribution in [0.4, 0.5) is 8.78 Å². The summed E-state index contributed by atoms with van der Waals surface area (Å²) in [6.45, 7) is 3.51. The van der Waals surface area contributed by atoms with E-state index in [0.717, 1.165) is 0 Å². The molecule has 0 heterocycles. The fourth-order valence-corrected chi connectivity index (χ4v) is 1.98. The molecular weight excluding hydrogens is 306 g/mol. The molecule has 0 aromatic heterocycles. The minimum Gasteiger partial charge on any atom is -0.368 e. The molecule has 0 radical (unpaired) electrons. The second-order valence-corrected chi connectivity index (χ2v) is 5.18. The second kappa shape index (κ2) is 6.24. The van der Waals surface area contributed by atoms with Gasteiger partial charge in [-0.05, 0) is 34.0 Å². The van der Waals surface area contributed by atoms with Crippen LogP contribution in [0.15, 0.2) is 16.6 Å². The van der Waals surface area contributed by atoms with E-state index >= 15 is 0 Å². The number of carbonyl (C=O) groups is 1. The van der Waals surface area contributed by atoms with Crippen molar-refractivity contribution in [2.45, 2.75) is 26.4 Å². The number of halogens is 3. The first kappa shape index (κ1) is 15.0. The number of benzene rings is 1. The third-order valence-corrected chi connectivity index (χ3v) is 3.22. The van der Waals surface area contributed by atoms with Crippen LogP contribution in [0.3, 0.4) is 0 Å². The molecule has 6 heteroatoms. The molecule has 100 valence electrons. The zero-order chi connectivity index (χ0) is 13.9. The quantitative estimate of drug-likeness (QED) is 0.818. The van der Waals surface area contributed by atoms with Crippen molar-refractivity contribution in [2.75, 3.05) is 0 Å². The number of amides is 1. The third-order valence-electron chi connectivity index (χ3n) is 2.61. The molecule has 1 aromatic rings. The van der Waals surface area contributed by atoms with Gasteiger partial charge in [-0.3, -0.25) is 4.79 Å². The number of nitrogens with two attached hydrogens (primary N) is 1. The van der Waals surface area contributed by atoms with Crippen LogP contribution < -0.4 is 11.1 Å². The molecule has 1 rings (SSSR count). The molecule has 18 heavy (non-hydrogen) atoms. The van der Waals surface area contributed by atoms with Crippen LogP contribution in [0.1, 0.15) is 19.4 Å². The van der Waals surface area contributed by atoms with Gasteiger partial charge in [0, 0.05) is 12.1 Å². The van der Waals surface area contributed by atoms with E-state index in [-0.39, 0.29) is 22.5 Å². The molecule has 1 atom stereocenters. The van der Waals surface area contributed by atoms with E-state index in [1.165, 1.54) is 12.1 Å². The maximum absolute atomic E-state index is 13.7. The van der Waals surface area contributed by atoms with Gasteiger partial charge in [-0.15, -0.1) is 0 Å². The molecule has 0 fully saturated rings. The summed E-state index contributed by atoms with van der Waals surface area (Å²) in [7, 11) is 0. The van der Waals surface area contributed by atoms with Crippen LogP contribution in [0, 0.1) is 17.6 Å². The van der Waals surface area contributed by atoms with Gasteiger partial charge in [-0.25, -0.2) is 8.78 Å². The van der Waals surface area contributed by atoms with Gasteiger partial charge < -0.3 is 11.1 Å². The summed E-state index contributed by atoms with van der Waals surface area (Å²) in [4.78, 5) is 11.2. The lowest BCUT2D eigenvalue weighted by molar-refractivity contribution is -0.121. The van der Waals surface area contributed by atoms with E-state index in [0.29, 0.717) is 0 Å². The number of rotatable bonds is 5. The first-order valence-electron chi connectivity index (χ1n) is 5.49. The fourth-order valence-electron chi connectivity index (χ4n) is 1.61. The Morgan fingerprint density at radius 3 is 2.56 bits per heavy atom.